The van der Waals surface area contributed by atoms with Gasteiger partial charge >= 0.3 is 0 Å². The van der Waals surface area contributed by atoms with E-state index in [1.165, 1.54) is 0 Å². The molecule has 0 aliphatic rings. The molecule has 112 valence electrons. The lowest BCUT2D eigenvalue weighted by Gasteiger charge is -1.95. The largest absolute Gasteiger partial charge is 0.299 e. The van der Waals surface area contributed by atoms with Crippen molar-refractivity contribution in [3.05, 3.63) is 81.9 Å². The topological polar surface area (TPSA) is 17.1 Å². The minimum Gasteiger partial charge on any atom is -0.299 e. The minimum atomic E-state index is 0.176. The first-order valence-corrected chi connectivity index (χ1v) is 7.75. The quantitative estimate of drug-likeness (QED) is 0.628. The van der Waals surface area contributed by atoms with Gasteiger partial charge in [-0.15, -0.1) is 0 Å². The molecular formula is C19H16Cl2O. The molecule has 0 unspecified atom stereocenters. The highest BCUT2D eigenvalue weighted by Gasteiger charge is 1.96. The zero-order valence-electron chi connectivity index (χ0n) is 12.0. The predicted octanol–water partition coefficient (Wildman–Crippen LogP) is 6.07. The standard InChI is InChI=1S/C19H16Cl2O/c20-17-11-7-15(8-12-17)3-1-5-19(22)6-2-4-16-9-13-18(21)14-10-16/h1-4,7-14H,5-6H2. The molecule has 2 rings (SSSR count). The predicted molar refractivity (Wildman–Crippen MR) is 95.2 cm³/mol. The highest BCUT2D eigenvalue weighted by atomic mass is 35.5. The zero-order chi connectivity index (χ0) is 15.8. The van der Waals surface area contributed by atoms with Crippen LogP contribution < -0.4 is 0 Å². The fraction of sp³-hybridized carbons (Fsp3) is 0.105. The normalized spacial score (nSPS) is 11.4. The summed E-state index contributed by atoms with van der Waals surface area (Å²) in [5, 5.41) is 1.42. The summed E-state index contributed by atoms with van der Waals surface area (Å²) in [7, 11) is 0. The van der Waals surface area contributed by atoms with E-state index in [-0.39, 0.29) is 5.78 Å². The maximum atomic E-state index is 11.8. The summed E-state index contributed by atoms with van der Waals surface area (Å²) < 4.78 is 0. The molecule has 0 atom stereocenters. The maximum absolute atomic E-state index is 11.8. The highest BCUT2D eigenvalue weighted by Crippen LogP contribution is 2.12. The SMILES string of the molecule is O=C(CC=Cc1ccc(Cl)cc1)CC=Cc1ccc(Cl)cc1. The van der Waals surface area contributed by atoms with Gasteiger partial charge in [0.25, 0.3) is 0 Å². The van der Waals surface area contributed by atoms with E-state index in [4.69, 9.17) is 23.2 Å². The van der Waals surface area contributed by atoms with Gasteiger partial charge in [0.15, 0.2) is 0 Å². The smallest absolute Gasteiger partial charge is 0.140 e. The summed E-state index contributed by atoms with van der Waals surface area (Å²) >= 11 is 11.6. The Kier molecular flexibility index (Phi) is 6.45. The average molecular weight is 331 g/mol. The van der Waals surface area contributed by atoms with Crippen LogP contribution in [0, 0.1) is 0 Å². The van der Waals surface area contributed by atoms with Crippen LogP contribution in [-0.2, 0) is 4.79 Å². The van der Waals surface area contributed by atoms with Crippen LogP contribution in [-0.4, -0.2) is 5.78 Å². The third kappa shape index (κ3) is 5.88. The molecule has 0 spiro atoms. The van der Waals surface area contributed by atoms with Gasteiger partial charge < -0.3 is 0 Å². The number of carbonyl (C=O) groups is 1. The van der Waals surface area contributed by atoms with Gasteiger partial charge in [-0.1, -0.05) is 71.8 Å². The lowest BCUT2D eigenvalue weighted by atomic mass is 10.1. The van der Waals surface area contributed by atoms with Crippen LogP contribution in [0.25, 0.3) is 12.2 Å². The number of hydrogen-bond donors (Lipinski definition) is 0. The minimum absolute atomic E-state index is 0.176. The van der Waals surface area contributed by atoms with Gasteiger partial charge in [0.05, 0.1) is 0 Å². The van der Waals surface area contributed by atoms with Gasteiger partial charge in [-0.3, -0.25) is 4.79 Å². The molecule has 0 fully saturated rings. The van der Waals surface area contributed by atoms with E-state index in [1.807, 2.05) is 72.8 Å². The molecule has 0 N–H and O–H groups in total. The first-order valence-electron chi connectivity index (χ1n) is 6.99. The molecule has 0 saturated carbocycles. The third-order valence-corrected chi connectivity index (χ3v) is 3.56. The monoisotopic (exact) mass is 330 g/mol. The van der Waals surface area contributed by atoms with Gasteiger partial charge in [0, 0.05) is 22.9 Å². The van der Waals surface area contributed by atoms with Crippen molar-refractivity contribution in [2.75, 3.05) is 0 Å². The van der Waals surface area contributed by atoms with Crippen molar-refractivity contribution in [3.63, 3.8) is 0 Å². The van der Waals surface area contributed by atoms with E-state index in [9.17, 15) is 4.79 Å². The third-order valence-electron chi connectivity index (χ3n) is 3.05. The summed E-state index contributed by atoms with van der Waals surface area (Å²) in [6.07, 6.45) is 8.46. The number of benzene rings is 2. The van der Waals surface area contributed by atoms with Crippen LogP contribution in [0.2, 0.25) is 10.0 Å². The van der Waals surface area contributed by atoms with Crippen LogP contribution in [0.3, 0.4) is 0 Å². The summed E-state index contributed by atoms with van der Waals surface area (Å²) in [4.78, 5) is 11.8. The number of halogens is 2. The first kappa shape index (κ1) is 16.5. The second-order valence-electron chi connectivity index (χ2n) is 4.85. The van der Waals surface area contributed by atoms with Crippen molar-refractivity contribution in [3.8, 4) is 0 Å². The van der Waals surface area contributed by atoms with Gasteiger partial charge in [-0.05, 0) is 35.4 Å². The molecule has 0 bridgehead atoms. The van der Waals surface area contributed by atoms with Gasteiger partial charge in [-0.25, -0.2) is 0 Å². The fourth-order valence-corrected chi connectivity index (χ4v) is 2.14. The molecule has 0 aliphatic carbocycles. The van der Waals surface area contributed by atoms with Crippen molar-refractivity contribution in [1.29, 1.82) is 0 Å². The van der Waals surface area contributed by atoms with E-state index < -0.39 is 0 Å². The molecule has 1 nitrogen and oxygen atoms in total. The van der Waals surface area contributed by atoms with Crippen molar-refractivity contribution in [2.24, 2.45) is 0 Å². The molecule has 3 heteroatoms. The fourth-order valence-electron chi connectivity index (χ4n) is 1.88. The number of rotatable bonds is 6. The van der Waals surface area contributed by atoms with Gasteiger partial charge in [0.2, 0.25) is 0 Å². The summed E-state index contributed by atoms with van der Waals surface area (Å²) in [6.45, 7) is 0. The van der Waals surface area contributed by atoms with Crippen molar-refractivity contribution >= 4 is 41.1 Å². The van der Waals surface area contributed by atoms with Gasteiger partial charge in [0.1, 0.15) is 5.78 Å². The Labute approximate surface area is 140 Å². The summed E-state index contributed by atoms with van der Waals surface area (Å²) in [5.41, 5.74) is 2.07. The Morgan fingerprint density at radius 2 is 1.09 bits per heavy atom. The van der Waals surface area contributed by atoms with E-state index >= 15 is 0 Å². The molecular weight excluding hydrogens is 315 g/mol. The van der Waals surface area contributed by atoms with E-state index in [0.717, 1.165) is 11.1 Å². The molecule has 0 radical (unpaired) electrons. The maximum Gasteiger partial charge on any atom is 0.140 e. The van der Waals surface area contributed by atoms with E-state index in [2.05, 4.69) is 0 Å². The average Bonchev–Trinajstić information content (AvgIpc) is 2.51. The van der Waals surface area contributed by atoms with Crippen LogP contribution in [0.1, 0.15) is 24.0 Å². The van der Waals surface area contributed by atoms with E-state index in [0.29, 0.717) is 22.9 Å². The highest BCUT2D eigenvalue weighted by molar-refractivity contribution is 6.30. The number of carbonyl (C=O) groups excluding carboxylic acids is 1. The Balaban J connectivity index is 1.78. The zero-order valence-corrected chi connectivity index (χ0v) is 13.5. The van der Waals surface area contributed by atoms with Gasteiger partial charge in [-0.2, -0.15) is 0 Å². The van der Waals surface area contributed by atoms with Crippen LogP contribution in [0.4, 0.5) is 0 Å². The van der Waals surface area contributed by atoms with Crippen molar-refractivity contribution in [1.82, 2.24) is 0 Å². The lowest BCUT2D eigenvalue weighted by Crippen LogP contribution is -1.92. The second-order valence-corrected chi connectivity index (χ2v) is 5.73. The molecule has 22 heavy (non-hydrogen) atoms. The molecule has 2 aromatic carbocycles. The molecule has 0 heterocycles. The number of Topliss-reactive ketones (excluding diaryl/α,β-unsaturated/α-hetero) is 1. The number of allylic oxidation sites excluding steroid dienone is 2. The van der Waals surface area contributed by atoms with Crippen LogP contribution in [0.5, 0.6) is 0 Å². The van der Waals surface area contributed by atoms with Crippen molar-refractivity contribution in [2.45, 2.75) is 12.8 Å². The van der Waals surface area contributed by atoms with E-state index in [1.54, 1.807) is 0 Å². The summed E-state index contributed by atoms with van der Waals surface area (Å²) in [5.74, 6) is 0.176. The van der Waals surface area contributed by atoms with Crippen molar-refractivity contribution < 1.29 is 4.79 Å². The molecule has 0 aliphatic heterocycles. The molecule has 0 amide bonds. The number of hydrogen-bond acceptors (Lipinski definition) is 1. The lowest BCUT2D eigenvalue weighted by molar-refractivity contribution is -0.117. The Morgan fingerprint density at radius 3 is 1.45 bits per heavy atom. The van der Waals surface area contributed by atoms with Crippen LogP contribution >= 0.6 is 23.2 Å². The first-order chi connectivity index (χ1) is 10.6. The Hall–Kier alpha value is -1.83. The molecule has 0 saturated heterocycles. The Morgan fingerprint density at radius 1 is 0.727 bits per heavy atom. The molecule has 2 aromatic rings. The number of ketones is 1. The Bertz CT molecular complexity index is 608. The summed E-state index contributed by atoms with van der Waals surface area (Å²) in [6, 6.07) is 15.0. The molecule has 0 aromatic heterocycles. The second kappa shape index (κ2) is 8.57. The van der Waals surface area contributed by atoms with Crippen LogP contribution in [0.15, 0.2) is 60.7 Å².